The molecule has 156 valence electrons. The summed E-state index contributed by atoms with van der Waals surface area (Å²) in [7, 11) is -3.60. The quantitative estimate of drug-likeness (QED) is 0.630. The van der Waals surface area contributed by atoms with Gasteiger partial charge < -0.3 is 9.64 Å². The van der Waals surface area contributed by atoms with E-state index in [4.69, 9.17) is 4.74 Å². The topological polar surface area (TPSA) is 66.9 Å². The normalized spacial score (nSPS) is 15.3. The molecule has 6 nitrogen and oxygen atoms in total. The average molecular weight is 425 g/mol. The molecule has 0 unspecified atom stereocenters. The molecule has 1 aliphatic rings. The van der Waals surface area contributed by atoms with E-state index in [1.54, 1.807) is 29.2 Å². The van der Waals surface area contributed by atoms with Gasteiger partial charge in [-0.25, -0.2) is 8.42 Å². The Hall–Kier alpha value is -2.90. The number of rotatable bonds is 5. The van der Waals surface area contributed by atoms with E-state index in [0.717, 1.165) is 10.8 Å². The monoisotopic (exact) mass is 424 g/mol. The van der Waals surface area contributed by atoms with Gasteiger partial charge in [-0.3, -0.25) is 4.79 Å². The molecule has 1 aliphatic heterocycles. The predicted octanol–water partition coefficient (Wildman–Crippen LogP) is 3.39. The number of carbonyl (C=O) groups excluding carboxylic acids is 1. The smallest absolute Gasteiger partial charge is 0.254 e. The number of nitrogens with zero attached hydrogens (tertiary/aromatic N) is 2. The molecule has 1 saturated heterocycles. The van der Waals surface area contributed by atoms with Crippen LogP contribution in [0.5, 0.6) is 5.75 Å². The van der Waals surface area contributed by atoms with Gasteiger partial charge in [0.15, 0.2) is 0 Å². The molecule has 30 heavy (non-hydrogen) atoms. The van der Waals surface area contributed by atoms with Gasteiger partial charge in [0.05, 0.1) is 11.5 Å². The van der Waals surface area contributed by atoms with Crippen molar-refractivity contribution in [2.24, 2.45) is 0 Å². The van der Waals surface area contributed by atoms with Crippen LogP contribution in [0.1, 0.15) is 17.3 Å². The third kappa shape index (κ3) is 3.91. The highest BCUT2D eigenvalue weighted by Gasteiger charge is 2.30. The highest BCUT2D eigenvalue weighted by atomic mass is 32.2. The summed E-state index contributed by atoms with van der Waals surface area (Å²) >= 11 is 0. The van der Waals surface area contributed by atoms with Crippen molar-refractivity contribution < 1.29 is 17.9 Å². The van der Waals surface area contributed by atoms with Gasteiger partial charge in [-0.1, -0.05) is 36.4 Å². The summed E-state index contributed by atoms with van der Waals surface area (Å²) < 4.78 is 32.7. The molecular formula is C23H24N2O4S. The molecule has 0 aromatic heterocycles. The molecule has 1 fully saturated rings. The number of hydrogen-bond donors (Lipinski definition) is 0. The van der Waals surface area contributed by atoms with Gasteiger partial charge in [-0.05, 0) is 48.0 Å². The van der Waals surface area contributed by atoms with Gasteiger partial charge >= 0.3 is 0 Å². The minimum atomic E-state index is -3.60. The molecule has 3 aromatic rings. The van der Waals surface area contributed by atoms with Crippen LogP contribution in [0.4, 0.5) is 0 Å². The molecule has 0 radical (unpaired) electrons. The molecular weight excluding hydrogens is 400 g/mol. The predicted molar refractivity (Wildman–Crippen MR) is 116 cm³/mol. The van der Waals surface area contributed by atoms with E-state index in [-0.39, 0.29) is 23.9 Å². The highest BCUT2D eigenvalue weighted by molar-refractivity contribution is 7.89. The van der Waals surface area contributed by atoms with Gasteiger partial charge in [0.2, 0.25) is 10.0 Å². The number of ether oxygens (including phenoxy) is 1. The Balaban J connectivity index is 1.47. The lowest BCUT2D eigenvalue weighted by Gasteiger charge is -2.34. The zero-order valence-electron chi connectivity index (χ0n) is 16.8. The van der Waals surface area contributed by atoms with Gasteiger partial charge in [-0.2, -0.15) is 4.31 Å². The van der Waals surface area contributed by atoms with Crippen LogP contribution < -0.4 is 4.74 Å². The molecule has 3 aromatic carbocycles. The van der Waals surface area contributed by atoms with Gasteiger partial charge in [0.25, 0.3) is 5.91 Å². The van der Waals surface area contributed by atoms with Crippen LogP contribution >= 0.6 is 0 Å². The Morgan fingerprint density at radius 1 is 0.900 bits per heavy atom. The van der Waals surface area contributed by atoms with Crippen LogP contribution in [0, 0.1) is 0 Å². The van der Waals surface area contributed by atoms with Crippen molar-refractivity contribution in [1.29, 1.82) is 0 Å². The Bertz CT molecular complexity index is 1150. The van der Waals surface area contributed by atoms with Gasteiger partial charge in [0, 0.05) is 31.7 Å². The van der Waals surface area contributed by atoms with E-state index >= 15 is 0 Å². The second kappa shape index (κ2) is 8.45. The minimum Gasteiger partial charge on any atom is -0.494 e. The number of fused-ring (bicyclic) bond motifs is 1. The lowest BCUT2D eigenvalue weighted by atomic mass is 10.0. The summed E-state index contributed by atoms with van der Waals surface area (Å²) in [5.74, 6) is 0.576. The largest absolute Gasteiger partial charge is 0.494 e. The molecule has 0 spiro atoms. The molecule has 4 rings (SSSR count). The third-order valence-corrected chi connectivity index (χ3v) is 7.23. The molecule has 0 aliphatic carbocycles. The zero-order valence-corrected chi connectivity index (χ0v) is 17.6. The molecule has 0 atom stereocenters. The Morgan fingerprint density at radius 2 is 1.57 bits per heavy atom. The summed E-state index contributed by atoms with van der Waals surface area (Å²) in [4.78, 5) is 15.0. The maximum absolute atomic E-state index is 13.1. The summed E-state index contributed by atoms with van der Waals surface area (Å²) in [5, 5.41) is 1.93. The lowest BCUT2D eigenvalue weighted by molar-refractivity contribution is 0.0700. The van der Waals surface area contributed by atoms with E-state index in [9.17, 15) is 13.2 Å². The molecule has 0 N–H and O–H groups in total. The van der Waals surface area contributed by atoms with Crippen LogP contribution in [0.25, 0.3) is 10.8 Å². The maximum Gasteiger partial charge on any atom is 0.254 e. The standard InChI is InChI=1S/C23H24N2O4S/c1-2-29-19-10-12-20(13-11-19)30(27,28)25-16-14-24(15-17-25)23(26)22-9-5-7-18-6-3-4-8-21(18)22/h3-13H,2,14-17H2,1H3. The fraction of sp³-hybridized carbons (Fsp3) is 0.261. The van der Waals surface area contributed by atoms with Crippen molar-refractivity contribution >= 4 is 26.7 Å². The second-order valence-corrected chi connectivity index (χ2v) is 9.07. The number of carbonyl (C=O) groups is 1. The molecule has 1 heterocycles. The third-order valence-electron chi connectivity index (χ3n) is 5.32. The van der Waals surface area contributed by atoms with Crippen molar-refractivity contribution in [2.75, 3.05) is 32.8 Å². The van der Waals surface area contributed by atoms with E-state index in [2.05, 4.69) is 0 Å². The Morgan fingerprint density at radius 3 is 2.27 bits per heavy atom. The number of sulfonamides is 1. The van der Waals surface area contributed by atoms with Crippen LogP contribution in [-0.4, -0.2) is 56.3 Å². The SMILES string of the molecule is CCOc1ccc(S(=O)(=O)N2CCN(C(=O)c3cccc4ccccc34)CC2)cc1. The Kier molecular flexibility index (Phi) is 5.74. The first kappa shape index (κ1) is 20.4. The number of hydrogen-bond acceptors (Lipinski definition) is 4. The first-order chi connectivity index (χ1) is 14.5. The molecule has 1 amide bonds. The second-order valence-electron chi connectivity index (χ2n) is 7.13. The van der Waals surface area contributed by atoms with Crippen LogP contribution in [0.2, 0.25) is 0 Å². The maximum atomic E-state index is 13.1. The zero-order chi connectivity index (χ0) is 21.1. The first-order valence-corrected chi connectivity index (χ1v) is 11.4. The molecule has 0 saturated carbocycles. The van der Waals surface area contributed by atoms with Crippen molar-refractivity contribution in [1.82, 2.24) is 9.21 Å². The first-order valence-electron chi connectivity index (χ1n) is 10.0. The number of piperazine rings is 1. The number of benzene rings is 3. The van der Waals surface area contributed by atoms with Crippen molar-refractivity contribution in [3.8, 4) is 5.75 Å². The summed E-state index contributed by atoms with van der Waals surface area (Å²) in [6.45, 7) is 3.66. The van der Waals surface area contributed by atoms with E-state index in [1.165, 1.54) is 4.31 Å². The van der Waals surface area contributed by atoms with Crippen LogP contribution in [0.15, 0.2) is 71.6 Å². The van der Waals surface area contributed by atoms with Gasteiger partial charge in [0.1, 0.15) is 5.75 Å². The van der Waals surface area contributed by atoms with Crippen molar-refractivity contribution in [2.45, 2.75) is 11.8 Å². The highest BCUT2D eigenvalue weighted by Crippen LogP contribution is 2.23. The number of amides is 1. The average Bonchev–Trinajstić information content (AvgIpc) is 2.79. The van der Waals surface area contributed by atoms with Crippen LogP contribution in [0.3, 0.4) is 0 Å². The summed E-state index contributed by atoms with van der Waals surface area (Å²) in [6.07, 6.45) is 0. The van der Waals surface area contributed by atoms with Crippen molar-refractivity contribution in [3.63, 3.8) is 0 Å². The fourth-order valence-electron chi connectivity index (χ4n) is 3.74. The lowest BCUT2D eigenvalue weighted by Crippen LogP contribution is -2.50. The van der Waals surface area contributed by atoms with Crippen LogP contribution in [-0.2, 0) is 10.0 Å². The minimum absolute atomic E-state index is 0.0649. The van der Waals surface area contributed by atoms with E-state index < -0.39 is 10.0 Å². The summed E-state index contributed by atoms with van der Waals surface area (Å²) in [6, 6.07) is 19.9. The van der Waals surface area contributed by atoms with E-state index in [0.29, 0.717) is 31.0 Å². The fourth-order valence-corrected chi connectivity index (χ4v) is 5.16. The van der Waals surface area contributed by atoms with Crippen molar-refractivity contribution in [3.05, 3.63) is 72.3 Å². The Labute approximate surface area is 176 Å². The summed E-state index contributed by atoms with van der Waals surface area (Å²) in [5.41, 5.74) is 0.649. The molecule has 0 bridgehead atoms. The molecule has 7 heteroatoms. The van der Waals surface area contributed by atoms with E-state index in [1.807, 2.05) is 49.4 Å². The van der Waals surface area contributed by atoms with Gasteiger partial charge in [-0.15, -0.1) is 0 Å².